The Balaban J connectivity index is 1.57. The zero-order valence-electron chi connectivity index (χ0n) is 13.6. The number of aliphatic carboxylic acids is 1. The Morgan fingerprint density at radius 2 is 2.00 bits per heavy atom. The highest BCUT2D eigenvalue weighted by Crippen LogP contribution is 2.37. The standard InChI is InChI=1S/C17H17F3N2O3S/c18-17(19,20)13-8-22(7-12(13)15(23)24)16(25)21-6-5-10-9-26-14-4-2-1-3-11(10)14/h1-4,9,12-13H,5-8H2,(H,21,25)(H,23,24)/t12-,13-/m1/s1. The third kappa shape index (κ3) is 3.77. The van der Waals surface area contributed by atoms with E-state index in [2.05, 4.69) is 5.32 Å². The third-order valence-electron chi connectivity index (χ3n) is 4.58. The molecule has 2 N–H and O–H groups in total. The van der Waals surface area contributed by atoms with Crippen LogP contribution in [-0.2, 0) is 11.2 Å². The first-order valence-corrected chi connectivity index (χ1v) is 8.92. The first kappa shape index (κ1) is 18.5. The summed E-state index contributed by atoms with van der Waals surface area (Å²) in [6.45, 7) is -0.801. The molecule has 3 rings (SSSR count). The van der Waals surface area contributed by atoms with E-state index in [0.29, 0.717) is 6.42 Å². The largest absolute Gasteiger partial charge is 0.481 e. The Morgan fingerprint density at radius 1 is 1.27 bits per heavy atom. The molecule has 2 atom stereocenters. The van der Waals surface area contributed by atoms with Crippen LogP contribution in [0.3, 0.4) is 0 Å². The number of carbonyl (C=O) groups is 2. The van der Waals surface area contributed by atoms with Crippen molar-refractivity contribution in [3.05, 3.63) is 35.2 Å². The van der Waals surface area contributed by atoms with Gasteiger partial charge in [0.15, 0.2) is 0 Å². The van der Waals surface area contributed by atoms with E-state index in [9.17, 15) is 22.8 Å². The number of amides is 2. The van der Waals surface area contributed by atoms with Crippen molar-refractivity contribution in [2.24, 2.45) is 11.8 Å². The molecule has 0 radical (unpaired) electrons. The van der Waals surface area contributed by atoms with Gasteiger partial charge in [0.1, 0.15) is 0 Å². The van der Waals surface area contributed by atoms with Crippen molar-refractivity contribution in [2.75, 3.05) is 19.6 Å². The van der Waals surface area contributed by atoms with Gasteiger partial charge in [0.05, 0.1) is 11.8 Å². The van der Waals surface area contributed by atoms with E-state index < -0.39 is 43.1 Å². The molecule has 1 fully saturated rings. The number of rotatable bonds is 4. The highest BCUT2D eigenvalue weighted by atomic mass is 32.1. The molecule has 1 aliphatic rings. The lowest BCUT2D eigenvalue weighted by molar-refractivity contribution is -0.187. The SMILES string of the molecule is O=C(O)[C@@H]1CN(C(=O)NCCc2csc3ccccc23)C[C@H]1C(F)(F)F. The first-order valence-electron chi connectivity index (χ1n) is 8.05. The Labute approximate surface area is 151 Å². The van der Waals surface area contributed by atoms with E-state index in [-0.39, 0.29) is 6.54 Å². The summed E-state index contributed by atoms with van der Waals surface area (Å²) < 4.78 is 40.1. The molecule has 0 unspecified atom stereocenters. The minimum Gasteiger partial charge on any atom is -0.481 e. The smallest absolute Gasteiger partial charge is 0.394 e. The van der Waals surface area contributed by atoms with Crippen LogP contribution in [0.25, 0.3) is 10.1 Å². The predicted molar refractivity (Wildman–Crippen MR) is 91.2 cm³/mol. The van der Waals surface area contributed by atoms with Crippen molar-refractivity contribution in [1.82, 2.24) is 10.2 Å². The van der Waals surface area contributed by atoms with Crippen LogP contribution in [0.4, 0.5) is 18.0 Å². The number of urea groups is 1. The summed E-state index contributed by atoms with van der Waals surface area (Å²) in [5.74, 6) is -5.19. The summed E-state index contributed by atoms with van der Waals surface area (Å²) in [7, 11) is 0. The molecule has 0 saturated carbocycles. The van der Waals surface area contributed by atoms with Gasteiger partial charge in [0.2, 0.25) is 0 Å². The van der Waals surface area contributed by atoms with Gasteiger partial charge in [-0.3, -0.25) is 4.79 Å². The Morgan fingerprint density at radius 3 is 2.65 bits per heavy atom. The van der Waals surface area contributed by atoms with Crippen molar-refractivity contribution in [3.63, 3.8) is 0 Å². The van der Waals surface area contributed by atoms with Gasteiger partial charge in [0.25, 0.3) is 0 Å². The van der Waals surface area contributed by atoms with E-state index in [1.165, 1.54) is 0 Å². The van der Waals surface area contributed by atoms with Gasteiger partial charge in [-0.2, -0.15) is 13.2 Å². The van der Waals surface area contributed by atoms with Crippen LogP contribution in [-0.4, -0.2) is 47.8 Å². The first-order chi connectivity index (χ1) is 12.3. The predicted octanol–water partition coefficient (Wildman–Crippen LogP) is 3.35. The average Bonchev–Trinajstić information content (AvgIpc) is 3.19. The molecule has 1 aliphatic heterocycles. The lowest BCUT2D eigenvalue weighted by Gasteiger charge is -2.18. The van der Waals surface area contributed by atoms with E-state index in [1.807, 2.05) is 29.6 Å². The zero-order valence-corrected chi connectivity index (χ0v) is 14.4. The normalized spacial score (nSPS) is 20.5. The summed E-state index contributed by atoms with van der Waals surface area (Å²) in [6, 6.07) is 7.17. The zero-order chi connectivity index (χ0) is 18.9. The van der Waals surface area contributed by atoms with Gasteiger partial charge in [-0.15, -0.1) is 11.3 Å². The number of carboxylic acid groups (broad SMARTS) is 1. The van der Waals surface area contributed by atoms with Crippen molar-refractivity contribution in [1.29, 1.82) is 0 Å². The molecule has 26 heavy (non-hydrogen) atoms. The van der Waals surface area contributed by atoms with Crippen LogP contribution in [0.15, 0.2) is 29.6 Å². The Kier molecular flexibility index (Phi) is 5.08. The maximum Gasteiger partial charge on any atom is 0.394 e. The Hall–Kier alpha value is -2.29. The number of nitrogens with one attached hydrogen (secondary N) is 1. The molecule has 2 heterocycles. The molecule has 5 nitrogen and oxygen atoms in total. The molecular formula is C17H17F3N2O3S. The number of nitrogens with zero attached hydrogens (tertiary/aromatic N) is 1. The number of carbonyl (C=O) groups excluding carboxylic acids is 1. The van der Waals surface area contributed by atoms with Gasteiger partial charge in [0, 0.05) is 24.3 Å². The highest BCUT2D eigenvalue weighted by Gasteiger charge is 2.53. The van der Waals surface area contributed by atoms with Gasteiger partial charge in [-0.25, -0.2) is 4.79 Å². The van der Waals surface area contributed by atoms with Crippen molar-refractivity contribution in [2.45, 2.75) is 12.6 Å². The number of fused-ring (bicyclic) bond motifs is 1. The summed E-state index contributed by atoms with van der Waals surface area (Å²) in [6.07, 6.45) is -4.09. The van der Waals surface area contributed by atoms with Crippen LogP contribution in [0, 0.1) is 11.8 Å². The van der Waals surface area contributed by atoms with E-state index in [1.54, 1.807) is 11.3 Å². The lowest BCUT2D eigenvalue weighted by atomic mass is 9.96. The third-order valence-corrected chi connectivity index (χ3v) is 5.59. The van der Waals surface area contributed by atoms with E-state index in [0.717, 1.165) is 20.5 Å². The number of carboxylic acids is 1. The number of hydrogen-bond donors (Lipinski definition) is 2. The topological polar surface area (TPSA) is 69.6 Å². The minimum atomic E-state index is -4.65. The number of hydrogen-bond acceptors (Lipinski definition) is 3. The molecule has 1 aromatic carbocycles. The van der Waals surface area contributed by atoms with Crippen LogP contribution < -0.4 is 5.32 Å². The molecule has 0 spiro atoms. The van der Waals surface area contributed by atoms with Gasteiger partial charge in [-0.05, 0) is 28.8 Å². The second-order valence-electron chi connectivity index (χ2n) is 6.24. The molecule has 2 aromatic rings. The van der Waals surface area contributed by atoms with Crippen LogP contribution in [0.1, 0.15) is 5.56 Å². The number of alkyl halides is 3. The second-order valence-corrected chi connectivity index (χ2v) is 7.15. The lowest BCUT2D eigenvalue weighted by Crippen LogP contribution is -2.40. The maximum atomic E-state index is 13.0. The molecule has 0 bridgehead atoms. The van der Waals surface area contributed by atoms with Crippen LogP contribution in [0.5, 0.6) is 0 Å². The average molecular weight is 386 g/mol. The van der Waals surface area contributed by atoms with Gasteiger partial charge < -0.3 is 15.3 Å². The van der Waals surface area contributed by atoms with Crippen LogP contribution in [0.2, 0.25) is 0 Å². The fourth-order valence-electron chi connectivity index (χ4n) is 3.19. The molecule has 0 aliphatic carbocycles. The fraction of sp³-hybridized carbons (Fsp3) is 0.412. The highest BCUT2D eigenvalue weighted by molar-refractivity contribution is 7.17. The van der Waals surface area contributed by atoms with Crippen molar-refractivity contribution >= 4 is 33.4 Å². The molecule has 9 heteroatoms. The second kappa shape index (κ2) is 7.14. The van der Waals surface area contributed by atoms with E-state index >= 15 is 0 Å². The van der Waals surface area contributed by atoms with Gasteiger partial charge >= 0.3 is 18.2 Å². The molecule has 140 valence electrons. The summed E-state index contributed by atoms with van der Waals surface area (Å²) in [4.78, 5) is 24.1. The Bertz CT molecular complexity index is 821. The van der Waals surface area contributed by atoms with Crippen LogP contribution >= 0.6 is 11.3 Å². The summed E-state index contributed by atoms with van der Waals surface area (Å²) in [5, 5.41) is 14.7. The maximum absolute atomic E-state index is 13.0. The fourth-order valence-corrected chi connectivity index (χ4v) is 4.19. The van der Waals surface area contributed by atoms with Crippen molar-refractivity contribution in [3.8, 4) is 0 Å². The minimum absolute atomic E-state index is 0.268. The number of benzene rings is 1. The molecule has 1 aromatic heterocycles. The molecule has 2 amide bonds. The van der Waals surface area contributed by atoms with Crippen molar-refractivity contribution < 1.29 is 27.9 Å². The number of halogens is 3. The van der Waals surface area contributed by atoms with E-state index in [4.69, 9.17) is 5.11 Å². The number of likely N-dealkylation sites (tertiary alicyclic amines) is 1. The molecule has 1 saturated heterocycles. The van der Waals surface area contributed by atoms with Gasteiger partial charge in [-0.1, -0.05) is 18.2 Å². The number of thiophene rings is 1. The summed E-state index contributed by atoms with van der Waals surface area (Å²) in [5.41, 5.74) is 1.06. The monoisotopic (exact) mass is 386 g/mol. The summed E-state index contributed by atoms with van der Waals surface area (Å²) >= 11 is 1.59. The molecular weight excluding hydrogens is 369 g/mol. The quantitative estimate of drug-likeness (QED) is 0.847.